The molecule has 1 aliphatic rings. The minimum Gasteiger partial charge on any atom is -0.462 e. The third kappa shape index (κ3) is 3.42. The number of rotatable bonds is 5. The number of anilines is 1. The van der Waals surface area contributed by atoms with Crippen LogP contribution in [0.5, 0.6) is 0 Å². The number of amides is 1. The van der Waals surface area contributed by atoms with Gasteiger partial charge in [-0.05, 0) is 37.8 Å². The number of aryl methyl sites for hydroxylation is 1. The molecule has 0 radical (unpaired) electrons. The Morgan fingerprint density at radius 2 is 2.15 bits per heavy atom. The van der Waals surface area contributed by atoms with Crippen molar-refractivity contribution in [2.75, 3.05) is 11.9 Å². The molecule has 0 fully saturated rings. The molecule has 1 aliphatic carbocycles. The Morgan fingerprint density at radius 1 is 1.38 bits per heavy atom. The van der Waals surface area contributed by atoms with Gasteiger partial charge in [0.15, 0.2) is 0 Å². The molecule has 1 heterocycles. The molecule has 0 atom stereocenters. The Bertz CT molecular complexity index is 909. The van der Waals surface area contributed by atoms with Crippen molar-refractivity contribution in [3.05, 3.63) is 54.9 Å². The molecule has 7 nitrogen and oxygen atoms in total. The topological polar surface area (TPSA) is 98.5 Å². The van der Waals surface area contributed by atoms with Crippen LogP contribution >= 0.6 is 22.9 Å². The van der Waals surface area contributed by atoms with E-state index in [1.54, 1.807) is 6.92 Å². The van der Waals surface area contributed by atoms with Crippen molar-refractivity contribution in [3.63, 3.8) is 0 Å². The van der Waals surface area contributed by atoms with E-state index in [1.165, 1.54) is 23.5 Å². The summed E-state index contributed by atoms with van der Waals surface area (Å²) in [6.45, 7) is 1.96. The highest BCUT2D eigenvalue weighted by atomic mass is 35.5. The predicted octanol–water partition coefficient (Wildman–Crippen LogP) is 4.23. The zero-order valence-corrected chi connectivity index (χ0v) is 15.4. The Hall–Kier alpha value is -2.45. The maximum Gasteiger partial charge on any atom is 0.341 e. The number of nitro benzene ring substituents is 1. The summed E-state index contributed by atoms with van der Waals surface area (Å²) in [5, 5.41) is 13.9. The third-order valence-electron chi connectivity index (χ3n) is 4.04. The van der Waals surface area contributed by atoms with Gasteiger partial charge < -0.3 is 10.1 Å². The normalized spacial score (nSPS) is 12.5. The first-order chi connectivity index (χ1) is 12.4. The minimum absolute atomic E-state index is 0.0292. The number of nitro groups is 1. The molecule has 0 bridgehead atoms. The second kappa shape index (κ2) is 7.43. The van der Waals surface area contributed by atoms with Gasteiger partial charge in [0.1, 0.15) is 5.00 Å². The Balaban J connectivity index is 1.91. The molecule has 1 aromatic carbocycles. The number of fused-ring (bicyclic) bond motifs is 1. The van der Waals surface area contributed by atoms with Crippen molar-refractivity contribution >= 4 is 45.5 Å². The van der Waals surface area contributed by atoms with Crippen LogP contribution in [0.1, 0.15) is 44.5 Å². The molecule has 9 heteroatoms. The van der Waals surface area contributed by atoms with Crippen LogP contribution < -0.4 is 5.32 Å². The molecule has 2 aromatic rings. The Labute approximate surface area is 158 Å². The predicted molar refractivity (Wildman–Crippen MR) is 98.4 cm³/mol. The molecular weight excluding hydrogens is 380 g/mol. The number of hydrogen-bond donors (Lipinski definition) is 1. The number of hydrogen-bond acceptors (Lipinski definition) is 6. The van der Waals surface area contributed by atoms with E-state index in [4.69, 9.17) is 16.3 Å². The van der Waals surface area contributed by atoms with Gasteiger partial charge in [0, 0.05) is 17.0 Å². The maximum absolute atomic E-state index is 12.6. The van der Waals surface area contributed by atoms with E-state index in [0.29, 0.717) is 10.6 Å². The quantitative estimate of drug-likeness (QED) is 0.465. The lowest BCUT2D eigenvalue weighted by Crippen LogP contribution is -2.15. The van der Waals surface area contributed by atoms with E-state index in [9.17, 15) is 19.7 Å². The number of carbonyl (C=O) groups is 2. The van der Waals surface area contributed by atoms with Crippen LogP contribution in [0, 0.1) is 10.1 Å². The molecule has 3 rings (SSSR count). The number of nitrogens with zero attached hydrogens (tertiary/aromatic N) is 1. The highest BCUT2D eigenvalue weighted by Crippen LogP contribution is 2.40. The number of thiophene rings is 1. The molecule has 0 aliphatic heterocycles. The summed E-state index contributed by atoms with van der Waals surface area (Å²) in [6.07, 6.45) is 2.60. The van der Waals surface area contributed by atoms with Crippen molar-refractivity contribution in [2.24, 2.45) is 0 Å². The fourth-order valence-electron chi connectivity index (χ4n) is 2.88. The molecule has 0 spiro atoms. The van der Waals surface area contributed by atoms with E-state index in [-0.39, 0.29) is 22.9 Å². The van der Waals surface area contributed by atoms with Crippen molar-refractivity contribution in [2.45, 2.75) is 26.2 Å². The summed E-state index contributed by atoms with van der Waals surface area (Å²) in [5.74, 6) is -0.993. The molecule has 1 amide bonds. The van der Waals surface area contributed by atoms with E-state index in [0.717, 1.165) is 35.8 Å². The van der Waals surface area contributed by atoms with Crippen molar-refractivity contribution < 1.29 is 19.2 Å². The molecule has 0 unspecified atom stereocenters. The van der Waals surface area contributed by atoms with Crippen LogP contribution in [-0.4, -0.2) is 23.4 Å². The SMILES string of the molecule is CCOC(=O)c1c(NC(=O)c2ccc([N+](=O)[O-])cc2Cl)sc2c1CCC2. The van der Waals surface area contributed by atoms with Gasteiger partial charge in [-0.3, -0.25) is 14.9 Å². The van der Waals surface area contributed by atoms with Gasteiger partial charge in [-0.2, -0.15) is 0 Å². The molecule has 1 aromatic heterocycles. The number of non-ortho nitro benzene ring substituents is 1. The highest BCUT2D eigenvalue weighted by Gasteiger charge is 2.29. The van der Waals surface area contributed by atoms with E-state index >= 15 is 0 Å². The summed E-state index contributed by atoms with van der Waals surface area (Å²) in [6, 6.07) is 3.62. The molecule has 1 N–H and O–H groups in total. The van der Waals surface area contributed by atoms with Gasteiger partial charge in [0.25, 0.3) is 11.6 Å². The minimum atomic E-state index is -0.587. The van der Waals surface area contributed by atoms with Crippen LogP contribution in [0.2, 0.25) is 5.02 Å². The van der Waals surface area contributed by atoms with Crippen molar-refractivity contribution in [1.82, 2.24) is 0 Å². The first-order valence-corrected chi connectivity index (χ1v) is 9.18. The van der Waals surface area contributed by atoms with Gasteiger partial charge in [-0.25, -0.2) is 4.79 Å². The summed E-state index contributed by atoms with van der Waals surface area (Å²) in [5.41, 5.74) is 1.23. The van der Waals surface area contributed by atoms with Gasteiger partial charge in [-0.15, -0.1) is 11.3 Å². The maximum atomic E-state index is 12.6. The number of benzene rings is 1. The summed E-state index contributed by atoms with van der Waals surface area (Å²) in [4.78, 5) is 36.2. The van der Waals surface area contributed by atoms with E-state index < -0.39 is 16.8 Å². The smallest absolute Gasteiger partial charge is 0.341 e. The Morgan fingerprint density at radius 3 is 2.81 bits per heavy atom. The van der Waals surface area contributed by atoms with Crippen LogP contribution in [0.3, 0.4) is 0 Å². The fraction of sp³-hybridized carbons (Fsp3) is 0.294. The van der Waals surface area contributed by atoms with Crippen LogP contribution in [0.25, 0.3) is 0 Å². The third-order valence-corrected chi connectivity index (χ3v) is 5.56. The number of nitrogens with one attached hydrogen (secondary N) is 1. The standard InChI is InChI=1S/C17H15ClN2O5S/c1-2-25-17(22)14-11-4-3-5-13(11)26-16(14)19-15(21)10-7-6-9(20(23)24)8-12(10)18/h6-8H,2-5H2,1H3,(H,19,21). The van der Waals surface area contributed by atoms with E-state index in [2.05, 4.69) is 5.32 Å². The zero-order chi connectivity index (χ0) is 18.8. The molecule has 136 valence electrons. The second-order valence-electron chi connectivity index (χ2n) is 5.66. The lowest BCUT2D eigenvalue weighted by atomic mass is 10.1. The highest BCUT2D eigenvalue weighted by molar-refractivity contribution is 7.17. The fourth-order valence-corrected chi connectivity index (χ4v) is 4.42. The largest absolute Gasteiger partial charge is 0.462 e. The number of halogens is 1. The van der Waals surface area contributed by atoms with Crippen LogP contribution in [0.4, 0.5) is 10.7 Å². The molecular formula is C17H15ClN2O5S. The second-order valence-corrected chi connectivity index (χ2v) is 7.17. The lowest BCUT2D eigenvalue weighted by molar-refractivity contribution is -0.384. The summed E-state index contributed by atoms with van der Waals surface area (Å²) < 4.78 is 5.12. The average molecular weight is 395 g/mol. The summed E-state index contributed by atoms with van der Waals surface area (Å²) >= 11 is 7.36. The number of ether oxygens (including phenoxy) is 1. The van der Waals surface area contributed by atoms with Gasteiger partial charge in [0.2, 0.25) is 0 Å². The van der Waals surface area contributed by atoms with Crippen LogP contribution in [-0.2, 0) is 17.6 Å². The first-order valence-electron chi connectivity index (χ1n) is 7.99. The number of esters is 1. The zero-order valence-electron chi connectivity index (χ0n) is 13.8. The average Bonchev–Trinajstić information content (AvgIpc) is 3.15. The van der Waals surface area contributed by atoms with Crippen molar-refractivity contribution in [3.8, 4) is 0 Å². The lowest BCUT2D eigenvalue weighted by Gasteiger charge is -2.09. The van der Waals surface area contributed by atoms with Gasteiger partial charge >= 0.3 is 5.97 Å². The van der Waals surface area contributed by atoms with E-state index in [1.807, 2.05) is 0 Å². The molecule has 0 saturated heterocycles. The monoisotopic (exact) mass is 394 g/mol. The Kier molecular flexibility index (Phi) is 5.24. The molecule has 0 saturated carbocycles. The number of carbonyl (C=O) groups excluding carboxylic acids is 2. The molecule has 26 heavy (non-hydrogen) atoms. The summed E-state index contributed by atoms with van der Waals surface area (Å²) in [7, 11) is 0. The van der Waals surface area contributed by atoms with Gasteiger partial charge in [-0.1, -0.05) is 11.6 Å². The van der Waals surface area contributed by atoms with Crippen molar-refractivity contribution in [1.29, 1.82) is 0 Å². The van der Waals surface area contributed by atoms with Gasteiger partial charge in [0.05, 0.1) is 27.7 Å². The first kappa shape index (κ1) is 18.3. The van der Waals surface area contributed by atoms with Crippen LogP contribution in [0.15, 0.2) is 18.2 Å².